The van der Waals surface area contributed by atoms with Crippen LogP contribution in [0.5, 0.6) is 5.75 Å². The maximum Gasteiger partial charge on any atom is 0.335 e. The van der Waals surface area contributed by atoms with Crippen molar-refractivity contribution in [3.05, 3.63) is 29.3 Å². The van der Waals surface area contributed by atoms with Gasteiger partial charge < -0.3 is 20.1 Å². The van der Waals surface area contributed by atoms with Gasteiger partial charge in [0.05, 0.1) is 18.8 Å². The van der Waals surface area contributed by atoms with E-state index in [9.17, 15) is 15.0 Å². The fourth-order valence-electron chi connectivity index (χ4n) is 1.55. The lowest BCUT2D eigenvalue weighted by Gasteiger charge is -2.18. The Labute approximate surface area is 110 Å². The molecule has 0 aromatic heterocycles. The van der Waals surface area contributed by atoms with Crippen LogP contribution in [0.25, 0.3) is 0 Å². The Morgan fingerprint density at radius 2 is 2.06 bits per heavy atom. The number of benzene rings is 1. The number of ether oxygens (including phenoxy) is 1. The first-order chi connectivity index (χ1) is 8.49. The molecule has 0 saturated heterocycles. The molecule has 5 nitrogen and oxygen atoms in total. The average molecular weight is 272 g/mol. The maximum atomic E-state index is 10.9. The number of aliphatic hydroxyl groups is 2. The molecule has 0 radical (unpaired) electrons. The van der Waals surface area contributed by atoms with Crippen molar-refractivity contribution in [1.82, 2.24) is 0 Å². The van der Waals surface area contributed by atoms with E-state index in [-0.39, 0.29) is 5.56 Å². The van der Waals surface area contributed by atoms with Gasteiger partial charge in [0.15, 0.2) is 0 Å². The summed E-state index contributed by atoms with van der Waals surface area (Å²) in [4.78, 5) is 10.9. The molecule has 2 atom stereocenters. The smallest absolute Gasteiger partial charge is 0.335 e. The highest BCUT2D eigenvalue weighted by Crippen LogP contribution is 2.25. The number of carboxylic acids is 1. The van der Waals surface area contributed by atoms with Crippen molar-refractivity contribution in [3.8, 4) is 5.75 Å². The van der Waals surface area contributed by atoms with Crippen molar-refractivity contribution < 1.29 is 24.9 Å². The third kappa shape index (κ3) is 3.63. The highest BCUT2D eigenvalue weighted by atomic mass is 32.1. The largest absolute Gasteiger partial charge is 0.497 e. The van der Waals surface area contributed by atoms with E-state index >= 15 is 0 Å². The number of hydrogen-bond donors (Lipinski definition) is 4. The fraction of sp³-hybridized carbons (Fsp3) is 0.417. The molecule has 100 valence electrons. The van der Waals surface area contributed by atoms with E-state index in [1.54, 1.807) is 0 Å². The van der Waals surface area contributed by atoms with Crippen LogP contribution in [-0.2, 0) is 0 Å². The average Bonchev–Trinajstić information content (AvgIpc) is 2.37. The number of hydrogen-bond acceptors (Lipinski definition) is 5. The summed E-state index contributed by atoms with van der Waals surface area (Å²) in [5.74, 6) is -0.374. The lowest BCUT2D eigenvalue weighted by Crippen LogP contribution is -2.19. The number of aromatic carboxylic acids is 1. The van der Waals surface area contributed by atoms with Crippen LogP contribution in [-0.4, -0.2) is 40.3 Å². The monoisotopic (exact) mass is 272 g/mol. The highest BCUT2D eigenvalue weighted by molar-refractivity contribution is 7.80. The standard InChI is InChI=1S/C12H16O5S/c1-17-9-5-7(4-8(6-9)12(15)16)11(14)10(13)2-3-18/h4-6,10-11,13-14,18H,2-3H2,1H3,(H,15,16). The van der Waals surface area contributed by atoms with E-state index in [4.69, 9.17) is 9.84 Å². The molecule has 0 heterocycles. The molecule has 1 aromatic rings. The number of thiol groups is 1. The normalized spacial score (nSPS) is 14.0. The molecule has 1 rings (SSSR count). The molecular weight excluding hydrogens is 256 g/mol. The minimum Gasteiger partial charge on any atom is -0.497 e. The van der Waals surface area contributed by atoms with Gasteiger partial charge in [-0.15, -0.1) is 0 Å². The topological polar surface area (TPSA) is 87.0 Å². The lowest BCUT2D eigenvalue weighted by atomic mass is 10.00. The molecule has 0 saturated carbocycles. The number of carboxylic acid groups (broad SMARTS) is 1. The number of methoxy groups -OCH3 is 1. The molecule has 0 fully saturated rings. The van der Waals surface area contributed by atoms with Crippen molar-refractivity contribution in [2.45, 2.75) is 18.6 Å². The molecule has 0 spiro atoms. The van der Waals surface area contributed by atoms with E-state index in [1.165, 1.54) is 25.3 Å². The Morgan fingerprint density at radius 1 is 1.39 bits per heavy atom. The van der Waals surface area contributed by atoms with Gasteiger partial charge in [-0.1, -0.05) is 0 Å². The Morgan fingerprint density at radius 3 is 2.56 bits per heavy atom. The Hall–Kier alpha value is -1.24. The van der Waals surface area contributed by atoms with Crippen molar-refractivity contribution in [1.29, 1.82) is 0 Å². The van der Waals surface area contributed by atoms with Gasteiger partial charge in [-0.2, -0.15) is 12.6 Å². The van der Waals surface area contributed by atoms with E-state index in [1.807, 2.05) is 0 Å². The zero-order valence-corrected chi connectivity index (χ0v) is 10.8. The zero-order valence-electron chi connectivity index (χ0n) is 9.91. The summed E-state index contributed by atoms with van der Waals surface area (Å²) >= 11 is 3.97. The summed E-state index contributed by atoms with van der Waals surface area (Å²) in [5, 5.41) is 28.5. The van der Waals surface area contributed by atoms with E-state index in [0.717, 1.165) is 0 Å². The predicted octanol–water partition coefficient (Wildman–Crippen LogP) is 1.11. The van der Waals surface area contributed by atoms with Crippen molar-refractivity contribution in [3.63, 3.8) is 0 Å². The summed E-state index contributed by atoms with van der Waals surface area (Å²) in [5.41, 5.74) is 0.308. The quantitative estimate of drug-likeness (QED) is 0.583. The van der Waals surface area contributed by atoms with Gasteiger partial charge in [-0.25, -0.2) is 4.79 Å². The van der Waals surface area contributed by atoms with E-state index in [2.05, 4.69) is 12.6 Å². The second-order valence-electron chi connectivity index (χ2n) is 3.82. The van der Waals surface area contributed by atoms with Gasteiger partial charge in [-0.3, -0.25) is 0 Å². The molecule has 2 unspecified atom stereocenters. The van der Waals surface area contributed by atoms with Gasteiger partial charge in [0.1, 0.15) is 11.9 Å². The molecule has 18 heavy (non-hydrogen) atoms. The van der Waals surface area contributed by atoms with Gasteiger partial charge in [-0.05, 0) is 35.9 Å². The van der Waals surface area contributed by atoms with Gasteiger partial charge in [0, 0.05) is 0 Å². The fourth-order valence-corrected chi connectivity index (χ4v) is 1.81. The van der Waals surface area contributed by atoms with Crippen LogP contribution in [0.2, 0.25) is 0 Å². The van der Waals surface area contributed by atoms with Crippen LogP contribution in [0.15, 0.2) is 18.2 Å². The van der Waals surface area contributed by atoms with Crippen molar-refractivity contribution in [2.75, 3.05) is 12.9 Å². The summed E-state index contributed by atoms with van der Waals surface area (Å²) in [7, 11) is 1.40. The second kappa shape index (κ2) is 6.63. The predicted molar refractivity (Wildman–Crippen MR) is 69.4 cm³/mol. The first-order valence-electron chi connectivity index (χ1n) is 5.39. The second-order valence-corrected chi connectivity index (χ2v) is 4.27. The molecular formula is C12H16O5S. The lowest BCUT2D eigenvalue weighted by molar-refractivity contribution is 0.0170. The van der Waals surface area contributed by atoms with E-state index in [0.29, 0.717) is 23.5 Å². The number of rotatable bonds is 6. The zero-order chi connectivity index (χ0) is 13.7. The van der Waals surface area contributed by atoms with Gasteiger partial charge in [0.2, 0.25) is 0 Å². The number of aliphatic hydroxyl groups excluding tert-OH is 2. The van der Waals surface area contributed by atoms with Crippen LogP contribution in [0, 0.1) is 0 Å². The number of carbonyl (C=O) groups is 1. The van der Waals surface area contributed by atoms with Crippen LogP contribution >= 0.6 is 12.6 Å². The Balaban J connectivity index is 3.07. The van der Waals surface area contributed by atoms with Crippen LogP contribution in [0.3, 0.4) is 0 Å². The first-order valence-corrected chi connectivity index (χ1v) is 6.02. The summed E-state index contributed by atoms with van der Waals surface area (Å²) in [6.07, 6.45) is -1.84. The molecule has 3 N–H and O–H groups in total. The minimum atomic E-state index is -1.16. The molecule has 1 aromatic carbocycles. The molecule has 6 heteroatoms. The highest BCUT2D eigenvalue weighted by Gasteiger charge is 2.20. The Bertz CT molecular complexity index is 421. The summed E-state index contributed by atoms with van der Waals surface area (Å²) in [6, 6.07) is 4.17. The Kier molecular flexibility index (Phi) is 5.46. The van der Waals surface area contributed by atoms with Gasteiger partial charge in [0.25, 0.3) is 0 Å². The molecule has 0 aliphatic carbocycles. The SMILES string of the molecule is COc1cc(C(=O)O)cc(C(O)C(O)CCS)c1. The molecule has 0 aliphatic rings. The van der Waals surface area contributed by atoms with Crippen molar-refractivity contribution >= 4 is 18.6 Å². The molecule has 0 bridgehead atoms. The van der Waals surface area contributed by atoms with Crippen LogP contribution in [0.1, 0.15) is 28.4 Å². The maximum absolute atomic E-state index is 10.9. The van der Waals surface area contributed by atoms with E-state index < -0.39 is 18.2 Å². The third-order valence-corrected chi connectivity index (χ3v) is 2.80. The summed E-state index contributed by atoms with van der Waals surface area (Å²) < 4.78 is 4.96. The summed E-state index contributed by atoms with van der Waals surface area (Å²) in [6.45, 7) is 0. The molecule has 0 amide bonds. The van der Waals surface area contributed by atoms with Crippen LogP contribution in [0.4, 0.5) is 0 Å². The van der Waals surface area contributed by atoms with Crippen LogP contribution < -0.4 is 4.74 Å². The van der Waals surface area contributed by atoms with Crippen molar-refractivity contribution in [2.24, 2.45) is 0 Å². The minimum absolute atomic E-state index is 0.00136. The third-order valence-electron chi connectivity index (χ3n) is 2.54. The molecule has 0 aliphatic heterocycles. The first kappa shape index (κ1) is 14.8. The van der Waals surface area contributed by atoms with Gasteiger partial charge >= 0.3 is 5.97 Å².